The van der Waals surface area contributed by atoms with Crippen LogP contribution in [0, 0.1) is 11.6 Å². The molecule has 0 aliphatic rings. The first kappa shape index (κ1) is 21.3. The number of benzene rings is 2. The van der Waals surface area contributed by atoms with Crippen molar-refractivity contribution in [3.05, 3.63) is 59.7 Å². The SMILES string of the molecule is CC(C)OC(=O)CNC(=O)c1ccc(NS(=O)(=O)c2ccc(F)c(F)c2)cc1. The maximum absolute atomic E-state index is 13.2. The Kier molecular flexibility index (Phi) is 6.68. The Hall–Kier alpha value is -3.01. The van der Waals surface area contributed by atoms with Crippen molar-refractivity contribution in [2.75, 3.05) is 11.3 Å². The molecule has 0 saturated carbocycles. The zero-order valence-corrected chi connectivity index (χ0v) is 15.8. The van der Waals surface area contributed by atoms with Crippen LogP contribution in [0.3, 0.4) is 0 Å². The molecule has 2 rings (SSSR count). The van der Waals surface area contributed by atoms with Crippen molar-refractivity contribution in [2.24, 2.45) is 0 Å². The fourth-order valence-corrected chi connectivity index (χ4v) is 3.18. The fourth-order valence-electron chi connectivity index (χ4n) is 2.11. The summed E-state index contributed by atoms with van der Waals surface area (Å²) in [4.78, 5) is 23.0. The summed E-state index contributed by atoms with van der Waals surface area (Å²) in [5.41, 5.74) is 0.300. The van der Waals surface area contributed by atoms with E-state index in [9.17, 15) is 26.8 Å². The normalized spacial score (nSPS) is 11.2. The summed E-state index contributed by atoms with van der Waals surface area (Å²) in [6, 6.07) is 7.52. The molecular weight excluding hydrogens is 394 g/mol. The molecule has 1 amide bonds. The van der Waals surface area contributed by atoms with E-state index in [0.717, 1.165) is 6.07 Å². The molecular formula is C18H18F2N2O5S. The highest BCUT2D eigenvalue weighted by Crippen LogP contribution is 2.18. The lowest BCUT2D eigenvalue weighted by Gasteiger charge is -2.10. The number of halogens is 2. The standard InChI is InChI=1S/C18H18F2N2O5S/c1-11(2)27-17(23)10-21-18(24)12-3-5-13(6-4-12)22-28(25,26)14-7-8-15(19)16(20)9-14/h3-9,11,22H,10H2,1-2H3,(H,21,24). The van der Waals surface area contributed by atoms with Crippen LogP contribution < -0.4 is 10.0 Å². The first-order valence-electron chi connectivity index (χ1n) is 8.14. The van der Waals surface area contributed by atoms with Gasteiger partial charge in [-0.05, 0) is 56.3 Å². The molecule has 0 aromatic heterocycles. The third-order valence-corrected chi connectivity index (χ3v) is 4.74. The summed E-state index contributed by atoms with van der Waals surface area (Å²) in [5.74, 6) is -3.58. The van der Waals surface area contributed by atoms with Gasteiger partial charge in [0.05, 0.1) is 11.0 Å². The van der Waals surface area contributed by atoms with E-state index in [1.54, 1.807) is 13.8 Å². The molecule has 0 aliphatic carbocycles. The second-order valence-electron chi connectivity index (χ2n) is 5.98. The first-order chi connectivity index (χ1) is 13.1. The van der Waals surface area contributed by atoms with E-state index in [0.29, 0.717) is 12.1 Å². The highest BCUT2D eigenvalue weighted by molar-refractivity contribution is 7.92. The number of hydrogen-bond donors (Lipinski definition) is 2. The summed E-state index contributed by atoms with van der Waals surface area (Å²) < 4.78 is 57.7. The summed E-state index contributed by atoms with van der Waals surface area (Å²) in [7, 11) is -4.14. The second-order valence-corrected chi connectivity index (χ2v) is 7.66. The lowest BCUT2D eigenvalue weighted by atomic mass is 10.2. The molecule has 10 heteroatoms. The summed E-state index contributed by atoms with van der Waals surface area (Å²) in [5, 5.41) is 2.38. The maximum Gasteiger partial charge on any atom is 0.325 e. The van der Waals surface area contributed by atoms with Gasteiger partial charge in [0.2, 0.25) is 0 Å². The number of sulfonamides is 1. The second kappa shape index (κ2) is 8.79. The van der Waals surface area contributed by atoms with E-state index < -0.39 is 38.4 Å². The molecule has 0 radical (unpaired) electrons. The highest BCUT2D eigenvalue weighted by Gasteiger charge is 2.17. The smallest absolute Gasteiger partial charge is 0.325 e. The van der Waals surface area contributed by atoms with Crippen molar-refractivity contribution in [3.8, 4) is 0 Å². The Morgan fingerprint density at radius 3 is 2.25 bits per heavy atom. The molecule has 0 unspecified atom stereocenters. The van der Waals surface area contributed by atoms with Gasteiger partial charge in [0.15, 0.2) is 11.6 Å². The van der Waals surface area contributed by atoms with Gasteiger partial charge in [-0.25, -0.2) is 17.2 Å². The Balaban J connectivity index is 2.02. The zero-order valence-electron chi connectivity index (χ0n) is 15.0. The largest absolute Gasteiger partial charge is 0.462 e. The molecule has 2 aromatic rings. The molecule has 0 bridgehead atoms. The lowest BCUT2D eigenvalue weighted by molar-refractivity contribution is -0.146. The van der Waals surface area contributed by atoms with Gasteiger partial charge in [-0.3, -0.25) is 14.3 Å². The van der Waals surface area contributed by atoms with Crippen LogP contribution in [0.25, 0.3) is 0 Å². The molecule has 0 aliphatic heterocycles. The van der Waals surface area contributed by atoms with Crippen LogP contribution >= 0.6 is 0 Å². The monoisotopic (exact) mass is 412 g/mol. The average molecular weight is 412 g/mol. The predicted molar refractivity (Wildman–Crippen MR) is 97.2 cm³/mol. The third-order valence-electron chi connectivity index (χ3n) is 3.36. The summed E-state index contributed by atoms with van der Waals surface area (Å²) in [6.07, 6.45) is -0.300. The van der Waals surface area contributed by atoms with Crippen LogP contribution in [-0.4, -0.2) is 32.9 Å². The van der Waals surface area contributed by atoms with E-state index in [2.05, 4.69) is 10.0 Å². The molecule has 28 heavy (non-hydrogen) atoms. The molecule has 7 nitrogen and oxygen atoms in total. The quantitative estimate of drug-likeness (QED) is 0.681. The van der Waals surface area contributed by atoms with Gasteiger partial charge in [-0.1, -0.05) is 0 Å². The molecule has 0 atom stereocenters. The first-order valence-corrected chi connectivity index (χ1v) is 9.62. The van der Waals surface area contributed by atoms with Gasteiger partial charge < -0.3 is 10.1 Å². The molecule has 150 valence electrons. The van der Waals surface area contributed by atoms with E-state index in [-0.39, 0.29) is 23.9 Å². The molecule has 0 heterocycles. The van der Waals surface area contributed by atoms with Crippen molar-refractivity contribution in [2.45, 2.75) is 24.8 Å². The Morgan fingerprint density at radius 1 is 1.04 bits per heavy atom. The van der Waals surface area contributed by atoms with Crippen molar-refractivity contribution in [1.82, 2.24) is 5.32 Å². The summed E-state index contributed by atoms with van der Waals surface area (Å²) >= 11 is 0. The van der Waals surface area contributed by atoms with Gasteiger partial charge in [-0.15, -0.1) is 0 Å². The minimum absolute atomic E-state index is 0.112. The van der Waals surface area contributed by atoms with E-state index in [4.69, 9.17) is 4.74 Å². The van der Waals surface area contributed by atoms with Crippen molar-refractivity contribution in [3.63, 3.8) is 0 Å². The highest BCUT2D eigenvalue weighted by atomic mass is 32.2. The van der Waals surface area contributed by atoms with Gasteiger partial charge in [0.1, 0.15) is 6.54 Å². The topological polar surface area (TPSA) is 102 Å². The van der Waals surface area contributed by atoms with Gasteiger partial charge >= 0.3 is 5.97 Å². The fraction of sp³-hybridized carbons (Fsp3) is 0.222. The molecule has 0 fully saturated rings. The number of nitrogens with one attached hydrogen (secondary N) is 2. The Bertz CT molecular complexity index is 976. The number of esters is 1. The number of ether oxygens (including phenoxy) is 1. The predicted octanol–water partition coefficient (Wildman–Crippen LogP) is 2.45. The molecule has 2 N–H and O–H groups in total. The van der Waals surface area contributed by atoms with Gasteiger partial charge in [-0.2, -0.15) is 0 Å². The lowest BCUT2D eigenvalue weighted by Crippen LogP contribution is -2.31. The van der Waals surface area contributed by atoms with E-state index in [1.165, 1.54) is 24.3 Å². The minimum Gasteiger partial charge on any atom is -0.462 e. The van der Waals surface area contributed by atoms with Crippen LogP contribution in [0.5, 0.6) is 0 Å². The van der Waals surface area contributed by atoms with Crippen molar-refractivity contribution < 1.29 is 31.5 Å². The number of rotatable bonds is 7. The van der Waals surface area contributed by atoms with Crippen LogP contribution in [0.4, 0.5) is 14.5 Å². The van der Waals surface area contributed by atoms with Crippen molar-refractivity contribution >= 4 is 27.6 Å². The van der Waals surface area contributed by atoms with Gasteiger partial charge in [0.25, 0.3) is 15.9 Å². The minimum atomic E-state index is -4.14. The van der Waals surface area contributed by atoms with Gasteiger partial charge in [0, 0.05) is 11.3 Å². The third kappa shape index (κ3) is 5.74. The Labute approximate surface area is 160 Å². The van der Waals surface area contributed by atoms with Crippen LogP contribution in [0.2, 0.25) is 0 Å². The molecule has 2 aromatic carbocycles. The number of hydrogen-bond acceptors (Lipinski definition) is 5. The summed E-state index contributed by atoms with van der Waals surface area (Å²) in [6.45, 7) is 3.06. The number of carbonyl (C=O) groups is 2. The number of amides is 1. The maximum atomic E-state index is 13.2. The zero-order chi connectivity index (χ0) is 20.9. The molecule has 0 saturated heterocycles. The number of carbonyl (C=O) groups excluding carboxylic acids is 2. The van der Waals surface area contributed by atoms with Crippen LogP contribution in [0.1, 0.15) is 24.2 Å². The van der Waals surface area contributed by atoms with Crippen LogP contribution in [0.15, 0.2) is 47.4 Å². The Morgan fingerprint density at radius 2 is 1.68 bits per heavy atom. The van der Waals surface area contributed by atoms with E-state index >= 15 is 0 Å². The number of anilines is 1. The average Bonchev–Trinajstić information content (AvgIpc) is 2.61. The van der Waals surface area contributed by atoms with Crippen LogP contribution in [-0.2, 0) is 19.6 Å². The van der Waals surface area contributed by atoms with Crippen molar-refractivity contribution in [1.29, 1.82) is 0 Å². The van der Waals surface area contributed by atoms with E-state index in [1.807, 2.05) is 0 Å². The molecule has 0 spiro atoms.